The molecular weight excluding hydrogens is 230 g/mol. The van der Waals surface area contributed by atoms with Crippen molar-refractivity contribution in [2.75, 3.05) is 6.54 Å². The number of nitrogens with zero attached hydrogens (tertiary/aromatic N) is 1. The lowest BCUT2D eigenvalue weighted by Crippen LogP contribution is -2.39. The largest absolute Gasteiger partial charge is 0.348 e. The van der Waals surface area contributed by atoms with Crippen LogP contribution in [-0.2, 0) is 9.59 Å². The van der Waals surface area contributed by atoms with Gasteiger partial charge in [-0.05, 0) is 11.5 Å². The molecule has 0 fully saturated rings. The van der Waals surface area contributed by atoms with Crippen molar-refractivity contribution in [3.05, 3.63) is 35.9 Å². The van der Waals surface area contributed by atoms with Gasteiger partial charge in [-0.2, -0.15) is 5.10 Å². The third-order valence-electron chi connectivity index (χ3n) is 2.06. The lowest BCUT2D eigenvalue weighted by Gasteiger charge is -2.05. The average molecular weight is 247 g/mol. The summed E-state index contributed by atoms with van der Waals surface area (Å²) in [7, 11) is 0. The van der Waals surface area contributed by atoms with E-state index in [1.54, 1.807) is 0 Å². The number of nitrogens with one attached hydrogen (secondary N) is 2. The van der Waals surface area contributed by atoms with E-state index in [2.05, 4.69) is 15.8 Å². The predicted molar refractivity (Wildman–Crippen MR) is 70.0 cm³/mol. The number of rotatable bonds is 4. The summed E-state index contributed by atoms with van der Waals surface area (Å²) >= 11 is 0. The van der Waals surface area contributed by atoms with Crippen molar-refractivity contribution in [2.24, 2.45) is 11.0 Å². The Kier molecular flexibility index (Phi) is 5.57. The van der Waals surface area contributed by atoms with Gasteiger partial charge in [-0.15, -0.1) is 0 Å². The summed E-state index contributed by atoms with van der Waals surface area (Å²) in [6.07, 6.45) is 1.48. The summed E-state index contributed by atoms with van der Waals surface area (Å²) < 4.78 is 0. The molecule has 0 atom stereocenters. The van der Waals surface area contributed by atoms with Crippen LogP contribution in [0.5, 0.6) is 0 Å². The second-order valence-corrected chi connectivity index (χ2v) is 4.21. The molecule has 0 aliphatic carbocycles. The van der Waals surface area contributed by atoms with Gasteiger partial charge in [0.15, 0.2) is 0 Å². The molecule has 96 valence electrons. The van der Waals surface area contributed by atoms with Crippen LogP contribution in [0.4, 0.5) is 0 Å². The third-order valence-corrected chi connectivity index (χ3v) is 2.06. The van der Waals surface area contributed by atoms with Gasteiger partial charge in [0.25, 0.3) is 0 Å². The molecule has 0 aliphatic heterocycles. The number of hydrazone groups is 1. The Morgan fingerprint density at radius 3 is 2.50 bits per heavy atom. The molecule has 18 heavy (non-hydrogen) atoms. The zero-order valence-corrected chi connectivity index (χ0v) is 10.5. The van der Waals surface area contributed by atoms with E-state index in [9.17, 15) is 9.59 Å². The molecule has 1 rings (SSSR count). The monoisotopic (exact) mass is 247 g/mol. The summed E-state index contributed by atoms with van der Waals surface area (Å²) in [4.78, 5) is 22.6. The van der Waals surface area contributed by atoms with Gasteiger partial charge >= 0.3 is 11.8 Å². The Morgan fingerprint density at radius 1 is 1.22 bits per heavy atom. The van der Waals surface area contributed by atoms with Crippen LogP contribution in [0.2, 0.25) is 0 Å². The molecule has 2 amide bonds. The van der Waals surface area contributed by atoms with E-state index in [0.717, 1.165) is 5.56 Å². The van der Waals surface area contributed by atoms with E-state index in [0.29, 0.717) is 12.5 Å². The maximum absolute atomic E-state index is 11.3. The van der Waals surface area contributed by atoms with Crippen LogP contribution >= 0.6 is 0 Å². The van der Waals surface area contributed by atoms with Crippen molar-refractivity contribution < 1.29 is 9.59 Å². The molecule has 0 heterocycles. The van der Waals surface area contributed by atoms with Crippen LogP contribution in [0.25, 0.3) is 0 Å². The molecule has 1 aromatic carbocycles. The molecular formula is C13H17N3O2. The molecule has 5 nitrogen and oxygen atoms in total. The van der Waals surface area contributed by atoms with E-state index >= 15 is 0 Å². The summed E-state index contributed by atoms with van der Waals surface area (Å²) in [5.41, 5.74) is 3.02. The highest BCUT2D eigenvalue weighted by atomic mass is 16.2. The fourth-order valence-corrected chi connectivity index (χ4v) is 1.13. The third kappa shape index (κ3) is 5.25. The second kappa shape index (κ2) is 7.21. The molecule has 0 bridgehead atoms. The molecule has 0 spiro atoms. The van der Waals surface area contributed by atoms with Gasteiger partial charge < -0.3 is 5.32 Å². The quantitative estimate of drug-likeness (QED) is 0.471. The maximum atomic E-state index is 11.3. The smallest absolute Gasteiger partial charge is 0.329 e. The van der Waals surface area contributed by atoms with Gasteiger partial charge in [0.1, 0.15) is 0 Å². The first kappa shape index (κ1) is 13.9. The maximum Gasteiger partial charge on any atom is 0.329 e. The summed E-state index contributed by atoms with van der Waals surface area (Å²) in [6, 6.07) is 9.29. The van der Waals surface area contributed by atoms with Gasteiger partial charge in [0, 0.05) is 6.54 Å². The summed E-state index contributed by atoms with van der Waals surface area (Å²) in [6.45, 7) is 4.37. The van der Waals surface area contributed by atoms with Crippen molar-refractivity contribution >= 4 is 18.0 Å². The molecule has 2 N–H and O–H groups in total. The predicted octanol–water partition coefficient (Wildman–Crippen LogP) is 0.909. The Morgan fingerprint density at radius 2 is 1.89 bits per heavy atom. The Labute approximate surface area is 106 Å². The highest BCUT2D eigenvalue weighted by Crippen LogP contribution is 1.93. The molecule has 5 heteroatoms. The van der Waals surface area contributed by atoms with E-state index in [4.69, 9.17) is 0 Å². The van der Waals surface area contributed by atoms with Crippen LogP contribution in [0.15, 0.2) is 35.4 Å². The number of carbonyl (C=O) groups excluding carboxylic acids is 2. The van der Waals surface area contributed by atoms with Crippen LogP contribution < -0.4 is 10.7 Å². The van der Waals surface area contributed by atoms with Crippen LogP contribution in [-0.4, -0.2) is 24.6 Å². The fraction of sp³-hybridized carbons (Fsp3) is 0.308. The topological polar surface area (TPSA) is 70.6 Å². The molecule has 0 saturated heterocycles. The Bertz CT molecular complexity index is 427. The van der Waals surface area contributed by atoms with Crippen LogP contribution in [0.3, 0.4) is 0 Å². The zero-order valence-electron chi connectivity index (χ0n) is 10.5. The van der Waals surface area contributed by atoms with Gasteiger partial charge in [0.2, 0.25) is 0 Å². The van der Waals surface area contributed by atoms with E-state index in [1.807, 2.05) is 44.2 Å². The lowest BCUT2D eigenvalue weighted by atomic mass is 10.2. The average Bonchev–Trinajstić information content (AvgIpc) is 2.37. The molecule has 0 unspecified atom stereocenters. The van der Waals surface area contributed by atoms with Crippen LogP contribution in [0.1, 0.15) is 19.4 Å². The van der Waals surface area contributed by atoms with Crippen molar-refractivity contribution in [1.82, 2.24) is 10.7 Å². The lowest BCUT2D eigenvalue weighted by molar-refractivity contribution is -0.139. The Hall–Kier alpha value is -2.17. The van der Waals surface area contributed by atoms with E-state index in [-0.39, 0.29) is 0 Å². The number of hydrogen-bond donors (Lipinski definition) is 2. The van der Waals surface area contributed by atoms with Crippen molar-refractivity contribution in [3.63, 3.8) is 0 Å². The minimum Gasteiger partial charge on any atom is -0.348 e. The van der Waals surface area contributed by atoms with E-state index in [1.165, 1.54) is 6.21 Å². The number of carbonyl (C=O) groups is 2. The van der Waals surface area contributed by atoms with Gasteiger partial charge in [-0.25, -0.2) is 5.43 Å². The minimum atomic E-state index is -0.761. The molecule has 1 aromatic rings. The highest BCUT2D eigenvalue weighted by Gasteiger charge is 2.11. The molecule has 0 aromatic heterocycles. The van der Waals surface area contributed by atoms with Crippen molar-refractivity contribution in [1.29, 1.82) is 0 Å². The zero-order chi connectivity index (χ0) is 13.4. The number of benzene rings is 1. The molecule has 0 saturated carbocycles. The van der Waals surface area contributed by atoms with E-state index < -0.39 is 11.8 Å². The van der Waals surface area contributed by atoms with Crippen molar-refractivity contribution in [3.8, 4) is 0 Å². The summed E-state index contributed by atoms with van der Waals surface area (Å²) in [5, 5.41) is 6.21. The fourth-order valence-electron chi connectivity index (χ4n) is 1.13. The number of hydrogen-bond acceptors (Lipinski definition) is 3. The first-order valence-corrected chi connectivity index (χ1v) is 5.76. The normalized spacial score (nSPS) is 10.6. The van der Waals surface area contributed by atoms with Gasteiger partial charge in [-0.1, -0.05) is 44.2 Å². The SMILES string of the molecule is CC(C)CNC(=O)C(=O)N/N=C\c1ccccc1. The Balaban J connectivity index is 2.37. The first-order valence-electron chi connectivity index (χ1n) is 5.76. The van der Waals surface area contributed by atoms with Gasteiger partial charge in [0.05, 0.1) is 6.21 Å². The second-order valence-electron chi connectivity index (χ2n) is 4.21. The number of amides is 2. The van der Waals surface area contributed by atoms with Crippen LogP contribution in [0, 0.1) is 5.92 Å². The minimum absolute atomic E-state index is 0.301. The highest BCUT2D eigenvalue weighted by molar-refractivity contribution is 6.35. The van der Waals surface area contributed by atoms with Gasteiger partial charge in [-0.3, -0.25) is 9.59 Å². The first-order chi connectivity index (χ1) is 8.59. The summed E-state index contributed by atoms with van der Waals surface area (Å²) in [5.74, 6) is -1.13. The molecule has 0 aliphatic rings. The van der Waals surface area contributed by atoms with Crippen molar-refractivity contribution in [2.45, 2.75) is 13.8 Å². The standard InChI is InChI=1S/C13H17N3O2/c1-10(2)8-14-12(17)13(18)16-15-9-11-6-4-3-5-7-11/h3-7,9-10H,8H2,1-2H3,(H,14,17)(H,16,18)/b15-9-. The molecule has 0 radical (unpaired) electrons.